The third-order valence-corrected chi connectivity index (χ3v) is 8.47. The van der Waals surface area contributed by atoms with Gasteiger partial charge in [-0.05, 0) is 85.2 Å². The monoisotopic (exact) mass is 552 g/mol. The fourth-order valence-corrected chi connectivity index (χ4v) is 6.51. The van der Waals surface area contributed by atoms with Crippen LogP contribution in [0.15, 0.2) is 122 Å². The molecule has 0 saturated heterocycles. The summed E-state index contributed by atoms with van der Waals surface area (Å²) in [5, 5.41) is 23.0. The van der Waals surface area contributed by atoms with Crippen LogP contribution in [0.5, 0.6) is 0 Å². The molecule has 0 spiro atoms. The van der Waals surface area contributed by atoms with Crippen molar-refractivity contribution >= 4 is 44.5 Å². The largest absolute Gasteiger partial charge is 0.313 e. The molecule has 0 saturated carbocycles. The Morgan fingerprint density at radius 2 is 1.51 bits per heavy atom. The van der Waals surface area contributed by atoms with E-state index >= 15 is 0 Å². The number of nitrogens with zero attached hydrogens (tertiary/aromatic N) is 4. The molecule has 0 amide bonds. The van der Waals surface area contributed by atoms with Gasteiger partial charge in [0.15, 0.2) is 0 Å². The van der Waals surface area contributed by atoms with E-state index in [1.807, 2.05) is 42.5 Å². The minimum Gasteiger partial charge on any atom is -0.313 e. The van der Waals surface area contributed by atoms with Gasteiger partial charge in [0.1, 0.15) is 0 Å². The van der Waals surface area contributed by atoms with Crippen molar-refractivity contribution in [1.29, 1.82) is 10.5 Å². The average molecular weight is 553 g/mol. The number of nitriles is 2. The van der Waals surface area contributed by atoms with E-state index in [0.717, 1.165) is 50.7 Å². The maximum absolute atomic E-state index is 10.1. The molecule has 4 aromatic carbocycles. The van der Waals surface area contributed by atoms with E-state index in [-0.39, 0.29) is 5.92 Å². The lowest BCUT2D eigenvalue weighted by Gasteiger charge is -2.22. The van der Waals surface area contributed by atoms with Crippen molar-refractivity contribution in [3.05, 3.63) is 150 Å². The highest BCUT2D eigenvalue weighted by molar-refractivity contribution is 6.10. The fraction of sp³-hybridized carbons (Fsp3) is 0.0769. The van der Waals surface area contributed by atoms with Crippen molar-refractivity contribution in [3.63, 3.8) is 0 Å². The quantitative estimate of drug-likeness (QED) is 0.200. The van der Waals surface area contributed by atoms with Crippen LogP contribution < -0.4 is 0 Å². The molecule has 2 heterocycles. The Morgan fingerprint density at radius 3 is 2.28 bits per heavy atom. The van der Waals surface area contributed by atoms with Crippen LogP contribution in [0.3, 0.4) is 0 Å². The van der Waals surface area contributed by atoms with Gasteiger partial charge in [-0.2, -0.15) is 10.5 Å². The van der Waals surface area contributed by atoms with Crippen LogP contribution in [0.25, 0.3) is 50.2 Å². The molecule has 1 aliphatic rings. The second-order valence-corrected chi connectivity index (χ2v) is 10.9. The van der Waals surface area contributed by atoms with Gasteiger partial charge in [-0.1, -0.05) is 67.3 Å². The van der Waals surface area contributed by atoms with E-state index in [2.05, 4.69) is 108 Å². The smallest absolute Gasteiger partial charge is 0.0992 e. The van der Waals surface area contributed by atoms with Crippen molar-refractivity contribution in [1.82, 2.24) is 9.13 Å². The molecule has 1 unspecified atom stereocenters. The molecule has 0 N–H and O–H groups in total. The van der Waals surface area contributed by atoms with Crippen molar-refractivity contribution in [2.45, 2.75) is 19.3 Å². The van der Waals surface area contributed by atoms with Crippen molar-refractivity contribution in [2.75, 3.05) is 0 Å². The minimum atomic E-state index is 0.0803. The second kappa shape index (κ2) is 10.5. The zero-order chi connectivity index (χ0) is 29.5. The van der Waals surface area contributed by atoms with E-state index in [0.29, 0.717) is 11.1 Å². The van der Waals surface area contributed by atoms with E-state index in [1.165, 1.54) is 16.6 Å². The first-order valence-electron chi connectivity index (χ1n) is 14.4. The first-order chi connectivity index (χ1) is 21.1. The van der Waals surface area contributed by atoms with Gasteiger partial charge in [-0.3, -0.25) is 0 Å². The Bertz CT molecular complexity index is 2270. The summed E-state index contributed by atoms with van der Waals surface area (Å²) in [4.78, 5) is 0. The normalized spacial score (nSPS) is 14.8. The summed E-state index contributed by atoms with van der Waals surface area (Å²) in [6.07, 6.45) is 13.1. The summed E-state index contributed by atoms with van der Waals surface area (Å²) in [5.74, 6) is 0.0803. The molecule has 0 radical (unpaired) electrons. The number of hydrogen-bond acceptors (Lipinski definition) is 2. The molecule has 7 rings (SSSR count). The lowest BCUT2D eigenvalue weighted by atomic mass is 9.89. The summed E-state index contributed by atoms with van der Waals surface area (Å²) in [6, 6.07) is 33.6. The Balaban J connectivity index is 1.36. The van der Waals surface area contributed by atoms with Gasteiger partial charge < -0.3 is 9.13 Å². The van der Waals surface area contributed by atoms with Gasteiger partial charge in [-0.25, -0.2) is 0 Å². The molecule has 43 heavy (non-hydrogen) atoms. The predicted molar refractivity (Wildman–Crippen MR) is 177 cm³/mol. The number of benzene rings is 4. The molecule has 2 aromatic heterocycles. The molecule has 0 aliphatic heterocycles. The van der Waals surface area contributed by atoms with Crippen LogP contribution in [0.4, 0.5) is 0 Å². The van der Waals surface area contributed by atoms with E-state index in [9.17, 15) is 10.5 Å². The van der Waals surface area contributed by atoms with Gasteiger partial charge in [0.2, 0.25) is 0 Å². The lowest BCUT2D eigenvalue weighted by Crippen LogP contribution is -2.07. The molecule has 1 atom stereocenters. The minimum absolute atomic E-state index is 0.0803. The van der Waals surface area contributed by atoms with E-state index in [4.69, 9.17) is 0 Å². The van der Waals surface area contributed by atoms with E-state index < -0.39 is 0 Å². The third-order valence-electron chi connectivity index (χ3n) is 8.47. The summed E-state index contributed by atoms with van der Waals surface area (Å²) in [6.45, 7) is 6.01. The third kappa shape index (κ3) is 4.29. The molecule has 1 aliphatic carbocycles. The van der Waals surface area contributed by atoms with Crippen LogP contribution in [0, 0.1) is 29.6 Å². The zero-order valence-corrected chi connectivity index (χ0v) is 23.8. The molecule has 6 aromatic rings. The summed E-state index contributed by atoms with van der Waals surface area (Å²) in [7, 11) is 0. The maximum Gasteiger partial charge on any atom is 0.0992 e. The number of hydrogen-bond donors (Lipinski definition) is 0. The number of allylic oxidation sites excluding steroid dienone is 6. The Morgan fingerprint density at radius 1 is 0.791 bits per heavy atom. The highest BCUT2D eigenvalue weighted by Crippen LogP contribution is 2.39. The molecule has 4 nitrogen and oxygen atoms in total. The van der Waals surface area contributed by atoms with Crippen LogP contribution in [0.1, 0.15) is 40.3 Å². The van der Waals surface area contributed by atoms with Crippen molar-refractivity contribution < 1.29 is 0 Å². The Kier molecular flexibility index (Phi) is 6.39. The lowest BCUT2D eigenvalue weighted by molar-refractivity contribution is 0.834. The van der Waals surface area contributed by atoms with Gasteiger partial charge in [0.05, 0.1) is 39.8 Å². The standard InChI is InChI=1S/C39H28N4/c1-3-4-14-36-26(2)33-12-5-7-15-37(33)43(36)32-20-28(25-41)19-30(23-32)29-10-9-11-31(22-29)42-38-16-8-6-13-34(38)35-21-27(24-40)17-18-39(35)42/h3-21,23,29H,1,22H2,2H3/b14-4-. The number of rotatable bonds is 5. The maximum atomic E-state index is 10.1. The summed E-state index contributed by atoms with van der Waals surface area (Å²) in [5.41, 5.74) is 10.1. The highest BCUT2D eigenvalue weighted by atomic mass is 15.0. The SMILES string of the molecule is C=C/C=C\c1c(C)c2ccccc2n1-c1cc(C#N)cc(C2C=CC=C(n3c4ccccc4c4cc(C#N)ccc43)C2)c1. The number of para-hydroxylation sites is 2. The highest BCUT2D eigenvalue weighted by Gasteiger charge is 2.21. The zero-order valence-electron chi connectivity index (χ0n) is 23.8. The van der Waals surface area contributed by atoms with Gasteiger partial charge in [0, 0.05) is 39.2 Å². The number of aryl methyl sites for hydroxylation is 1. The average Bonchev–Trinajstić information content (AvgIpc) is 3.54. The van der Waals surface area contributed by atoms with Crippen LogP contribution in [0.2, 0.25) is 0 Å². The Hall–Kier alpha value is -5.84. The van der Waals surface area contributed by atoms with Crippen LogP contribution in [-0.2, 0) is 0 Å². The molecule has 4 heteroatoms. The van der Waals surface area contributed by atoms with Crippen molar-refractivity contribution in [3.8, 4) is 17.8 Å². The first-order valence-corrected chi connectivity index (χ1v) is 14.4. The van der Waals surface area contributed by atoms with Crippen molar-refractivity contribution in [2.24, 2.45) is 0 Å². The number of aromatic nitrogens is 2. The van der Waals surface area contributed by atoms with Crippen LogP contribution >= 0.6 is 0 Å². The molecule has 0 fully saturated rings. The topological polar surface area (TPSA) is 57.4 Å². The van der Waals surface area contributed by atoms with Gasteiger partial charge >= 0.3 is 0 Å². The molecule has 204 valence electrons. The fourth-order valence-electron chi connectivity index (χ4n) is 6.51. The van der Waals surface area contributed by atoms with E-state index in [1.54, 1.807) is 6.08 Å². The van der Waals surface area contributed by atoms with Gasteiger partial charge in [0.25, 0.3) is 0 Å². The molecule has 0 bridgehead atoms. The number of fused-ring (bicyclic) bond motifs is 4. The second-order valence-electron chi connectivity index (χ2n) is 10.9. The van der Waals surface area contributed by atoms with Crippen LogP contribution in [-0.4, -0.2) is 9.13 Å². The summed E-state index contributed by atoms with van der Waals surface area (Å²) < 4.78 is 4.57. The molecular formula is C39H28N4. The Labute approximate surface area is 250 Å². The summed E-state index contributed by atoms with van der Waals surface area (Å²) >= 11 is 0. The van der Waals surface area contributed by atoms with Gasteiger partial charge in [-0.15, -0.1) is 0 Å². The molecular weight excluding hydrogens is 524 g/mol. The predicted octanol–water partition coefficient (Wildman–Crippen LogP) is 9.57. The first kappa shape index (κ1) is 26.1.